The lowest BCUT2D eigenvalue weighted by molar-refractivity contribution is 0.0905. The van der Waals surface area contributed by atoms with Crippen LogP contribution >= 0.6 is 0 Å². The number of nitrogens with two attached hydrogens (primary N) is 1. The van der Waals surface area contributed by atoms with Crippen molar-refractivity contribution in [2.45, 2.75) is 52.6 Å². The molecule has 2 heterocycles. The van der Waals surface area contributed by atoms with Gasteiger partial charge in [-0.2, -0.15) is 0 Å². The zero-order valence-corrected chi connectivity index (χ0v) is 11.7. The van der Waals surface area contributed by atoms with E-state index in [-0.39, 0.29) is 0 Å². The molecule has 2 N–H and O–H groups in total. The lowest BCUT2D eigenvalue weighted by Gasteiger charge is -2.41. The summed E-state index contributed by atoms with van der Waals surface area (Å²) in [5, 5.41) is 0. The Morgan fingerprint density at radius 1 is 1.28 bits per heavy atom. The van der Waals surface area contributed by atoms with Gasteiger partial charge in [0.1, 0.15) is 5.76 Å². The molecule has 18 heavy (non-hydrogen) atoms. The lowest BCUT2D eigenvalue weighted by Crippen LogP contribution is -2.39. The van der Waals surface area contributed by atoms with Crippen molar-refractivity contribution in [1.29, 1.82) is 0 Å². The van der Waals surface area contributed by atoms with Crippen molar-refractivity contribution in [3.05, 3.63) is 23.7 Å². The Hall–Kier alpha value is -0.800. The van der Waals surface area contributed by atoms with Gasteiger partial charge in [-0.25, -0.2) is 0 Å². The number of nitrogens with zero attached hydrogens (tertiary/aromatic N) is 1. The SMILES string of the molecule is CCC1(CC)CCN(Cc2ccoc2CN)CC1. The molecule has 0 aliphatic carbocycles. The first-order chi connectivity index (χ1) is 8.73. The molecule has 3 heteroatoms. The summed E-state index contributed by atoms with van der Waals surface area (Å²) in [7, 11) is 0. The third kappa shape index (κ3) is 2.78. The van der Waals surface area contributed by atoms with E-state index < -0.39 is 0 Å². The number of hydrogen-bond donors (Lipinski definition) is 1. The molecule has 102 valence electrons. The normalized spacial score (nSPS) is 20.2. The molecule has 1 aromatic rings. The number of hydrogen-bond acceptors (Lipinski definition) is 3. The van der Waals surface area contributed by atoms with Crippen LogP contribution in [0.5, 0.6) is 0 Å². The smallest absolute Gasteiger partial charge is 0.121 e. The molecule has 0 bridgehead atoms. The van der Waals surface area contributed by atoms with Crippen LogP contribution in [0.2, 0.25) is 0 Å². The lowest BCUT2D eigenvalue weighted by atomic mass is 9.74. The van der Waals surface area contributed by atoms with E-state index >= 15 is 0 Å². The van der Waals surface area contributed by atoms with E-state index in [0.717, 1.165) is 12.3 Å². The minimum absolute atomic E-state index is 0.504. The first-order valence-corrected chi connectivity index (χ1v) is 7.20. The van der Waals surface area contributed by atoms with E-state index in [4.69, 9.17) is 10.2 Å². The van der Waals surface area contributed by atoms with Gasteiger partial charge >= 0.3 is 0 Å². The Bertz CT molecular complexity index is 358. The summed E-state index contributed by atoms with van der Waals surface area (Å²) in [6.07, 6.45) is 7.05. The monoisotopic (exact) mass is 250 g/mol. The molecule has 0 aromatic carbocycles. The van der Waals surface area contributed by atoms with Gasteiger partial charge in [-0.3, -0.25) is 4.90 Å². The van der Waals surface area contributed by atoms with E-state index in [2.05, 4.69) is 24.8 Å². The fraction of sp³-hybridized carbons (Fsp3) is 0.733. The van der Waals surface area contributed by atoms with Crippen LogP contribution in [0.25, 0.3) is 0 Å². The second-order valence-corrected chi connectivity index (χ2v) is 5.56. The highest BCUT2D eigenvalue weighted by Crippen LogP contribution is 2.38. The van der Waals surface area contributed by atoms with Crippen LogP contribution in [0, 0.1) is 5.41 Å². The molecule has 3 nitrogen and oxygen atoms in total. The predicted octanol–water partition coefficient (Wildman–Crippen LogP) is 3.14. The van der Waals surface area contributed by atoms with Gasteiger partial charge in [0.25, 0.3) is 0 Å². The van der Waals surface area contributed by atoms with Crippen LogP contribution in [-0.2, 0) is 13.1 Å². The molecule has 1 aliphatic heterocycles. The number of likely N-dealkylation sites (tertiary alicyclic amines) is 1. The molecule has 1 fully saturated rings. The van der Waals surface area contributed by atoms with Crippen molar-refractivity contribution in [3.8, 4) is 0 Å². The fourth-order valence-electron chi connectivity index (χ4n) is 3.07. The Morgan fingerprint density at radius 3 is 2.50 bits per heavy atom. The van der Waals surface area contributed by atoms with Gasteiger partial charge in [0.05, 0.1) is 12.8 Å². The van der Waals surface area contributed by atoms with Gasteiger partial charge < -0.3 is 10.2 Å². The minimum Gasteiger partial charge on any atom is -0.468 e. The molecule has 0 radical (unpaired) electrons. The second kappa shape index (κ2) is 5.89. The van der Waals surface area contributed by atoms with Crippen LogP contribution in [0.3, 0.4) is 0 Å². The van der Waals surface area contributed by atoms with Crippen LogP contribution < -0.4 is 5.73 Å². The maximum absolute atomic E-state index is 5.67. The molecule has 2 rings (SSSR count). The zero-order chi connectivity index (χ0) is 13.0. The molecular weight excluding hydrogens is 224 g/mol. The fourth-order valence-corrected chi connectivity index (χ4v) is 3.07. The van der Waals surface area contributed by atoms with E-state index in [0.29, 0.717) is 12.0 Å². The Labute approximate surface area is 110 Å². The first kappa shape index (κ1) is 13.6. The van der Waals surface area contributed by atoms with Crippen LogP contribution in [0.1, 0.15) is 50.9 Å². The first-order valence-electron chi connectivity index (χ1n) is 7.20. The average molecular weight is 250 g/mol. The molecule has 0 unspecified atom stereocenters. The summed E-state index contributed by atoms with van der Waals surface area (Å²) in [6, 6.07) is 2.06. The summed E-state index contributed by atoms with van der Waals surface area (Å²) in [5.41, 5.74) is 7.54. The molecule has 1 saturated heterocycles. The molecule has 0 saturated carbocycles. The summed E-state index contributed by atoms with van der Waals surface area (Å²) < 4.78 is 5.39. The summed E-state index contributed by atoms with van der Waals surface area (Å²) in [5.74, 6) is 0.942. The molecule has 1 aromatic heterocycles. The van der Waals surface area contributed by atoms with E-state index in [1.165, 1.54) is 44.3 Å². The predicted molar refractivity (Wildman–Crippen MR) is 74.1 cm³/mol. The van der Waals surface area contributed by atoms with Crippen molar-refractivity contribution in [2.24, 2.45) is 11.1 Å². The van der Waals surface area contributed by atoms with Crippen molar-refractivity contribution in [1.82, 2.24) is 4.90 Å². The van der Waals surface area contributed by atoms with Gasteiger partial charge in [0, 0.05) is 12.1 Å². The Morgan fingerprint density at radius 2 is 1.94 bits per heavy atom. The third-order valence-corrected chi connectivity index (χ3v) is 4.83. The average Bonchev–Trinajstić information content (AvgIpc) is 2.87. The van der Waals surface area contributed by atoms with Gasteiger partial charge in [0.15, 0.2) is 0 Å². The van der Waals surface area contributed by atoms with Crippen molar-refractivity contribution >= 4 is 0 Å². The highest BCUT2D eigenvalue weighted by atomic mass is 16.3. The number of rotatable bonds is 5. The Balaban J connectivity index is 1.91. The standard InChI is InChI=1S/C15H26N2O/c1-3-15(4-2)6-8-17(9-7-15)12-13-5-10-18-14(13)11-16/h5,10H,3-4,6-9,11-12,16H2,1-2H3. The van der Waals surface area contributed by atoms with Crippen LogP contribution in [0.15, 0.2) is 16.7 Å². The number of piperidine rings is 1. The molecular formula is C15H26N2O. The summed E-state index contributed by atoms with van der Waals surface area (Å²) >= 11 is 0. The van der Waals surface area contributed by atoms with E-state index in [1.54, 1.807) is 6.26 Å². The number of furan rings is 1. The van der Waals surface area contributed by atoms with Crippen molar-refractivity contribution in [3.63, 3.8) is 0 Å². The highest BCUT2D eigenvalue weighted by Gasteiger charge is 2.31. The van der Waals surface area contributed by atoms with Gasteiger partial charge in [0.2, 0.25) is 0 Å². The van der Waals surface area contributed by atoms with E-state index in [1.807, 2.05) is 0 Å². The molecule has 0 atom stereocenters. The maximum atomic E-state index is 5.67. The van der Waals surface area contributed by atoms with Crippen molar-refractivity contribution in [2.75, 3.05) is 13.1 Å². The van der Waals surface area contributed by atoms with Gasteiger partial charge in [-0.05, 0) is 37.4 Å². The zero-order valence-electron chi connectivity index (χ0n) is 11.7. The minimum atomic E-state index is 0.504. The second-order valence-electron chi connectivity index (χ2n) is 5.56. The van der Waals surface area contributed by atoms with Gasteiger partial charge in [-0.15, -0.1) is 0 Å². The maximum Gasteiger partial charge on any atom is 0.121 e. The Kier molecular flexibility index (Phi) is 4.46. The van der Waals surface area contributed by atoms with Crippen LogP contribution in [-0.4, -0.2) is 18.0 Å². The largest absolute Gasteiger partial charge is 0.468 e. The molecule has 0 amide bonds. The summed E-state index contributed by atoms with van der Waals surface area (Å²) in [4.78, 5) is 2.54. The molecule has 0 spiro atoms. The quantitative estimate of drug-likeness (QED) is 0.873. The topological polar surface area (TPSA) is 42.4 Å². The third-order valence-electron chi connectivity index (χ3n) is 4.83. The van der Waals surface area contributed by atoms with Crippen molar-refractivity contribution < 1.29 is 4.42 Å². The highest BCUT2D eigenvalue weighted by molar-refractivity contribution is 5.16. The van der Waals surface area contributed by atoms with Crippen LogP contribution in [0.4, 0.5) is 0 Å². The summed E-state index contributed by atoms with van der Waals surface area (Å²) in [6.45, 7) is 8.58. The van der Waals surface area contributed by atoms with E-state index in [9.17, 15) is 0 Å². The molecule has 1 aliphatic rings. The van der Waals surface area contributed by atoms with Gasteiger partial charge in [-0.1, -0.05) is 26.7 Å².